The summed E-state index contributed by atoms with van der Waals surface area (Å²) in [5.41, 5.74) is 0. The lowest BCUT2D eigenvalue weighted by molar-refractivity contribution is -0.144. The van der Waals surface area contributed by atoms with Crippen molar-refractivity contribution in [3.8, 4) is 0 Å². The Morgan fingerprint density at radius 2 is 1.71 bits per heavy atom. The lowest BCUT2D eigenvalue weighted by Gasteiger charge is -2.18. The number of nitrogens with zero attached hydrogens (tertiary/aromatic N) is 1. The maximum absolute atomic E-state index is 11.7. The molecule has 0 aromatic heterocycles. The van der Waals surface area contributed by atoms with Crippen molar-refractivity contribution in [2.75, 3.05) is 26.2 Å². The minimum Gasteiger partial charge on any atom is -0.466 e. The molecule has 0 aliphatic carbocycles. The van der Waals surface area contributed by atoms with Gasteiger partial charge in [0.2, 0.25) is 0 Å². The highest BCUT2D eigenvalue weighted by Gasteiger charge is 2.14. The van der Waals surface area contributed by atoms with Crippen molar-refractivity contribution in [2.45, 2.75) is 45.4 Å². The highest BCUT2D eigenvalue weighted by molar-refractivity contribution is 5.84. The van der Waals surface area contributed by atoms with Gasteiger partial charge in [-0.25, -0.2) is 0 Å². The van der Waals surface area contributed by atoms with Crippen LogP contribution in [-0.4, -0.2) is 42.9 Å². The molecule has 4 nitrogen and oxygen atoms in total. The van der Waals surface area contributed by atoms with Crippen molar-refractivity contribution in [3.05, 3.63) is 0 Å². The lowest BCUT2D eigenvalue weighted by Crippen LogP contribution is -2.31. The van der Waals surface area contributed by atoms with Crippen molar-refractivity contribution in [2.24, 2.45) is 0 Å². The Morgan fingerprint density at radius 1 is 1.06 bits per heavy atom. The number of carbonyl (C=O) groups excluding carboxylic acids is 2. The van der Waals surface area contributed by atoms with Crippen LogP contribution in [-0.2, 0) is 14.3 Å². The van der Waals surface area contributed by atoms with Gasteiger partial charge in [-0.1, -0.05) is 12.8 Å². The summed E-state index contributed by atoms with van der Waals surface area (Å²) in [5, 5.41) is 0. The van der Waals surface area contributed by atoms with Crippen LogP contribution < -0.4 is 0 Å². The van der Waals surface area contributed by atoms with Gasteiger partial charge in [-0.15, -0.1) is 0 Å². The maximum atomic E-state index is 11.7. The van der Waals surface area contributed by atoms with E-state index in [2.05, 4.69) is 4.90 Å². The Labute approximate surface area is 103 Å². The number of hydrogen-bond donors (Lipinski definition) is 0. The quantitative estimate of drug-likeness (QED) is 0.665. The van der Waals surface area contributed by atoms with E-state index in [4.69, 9.17) is 4.74 Å². The Kier molecular flexibility index (Phi) is 6.86. The molecule has 1 heterocycles. The van der Waals surface area contributed by atoms with Gasteiger partial charge >= 0.3 is 5.97 Å². The number of likely N-dealkylation sites (tertiary alicyclic amines) is 1. The molecule has 0 amide bonds. The Hall–Kier alpha value is -0.900. The fraction of sp³-hybridized carbons (Fsp3) is 0.846. The molecule has 0 aromatic carbocycles. The van der Waals surface area contributed by atoms with Gasteiger partial charge in [0, 0.05) is 6.42 Å². The maximum Gasteiger partial charge on any atom is 0.306 e. The summed E-state index contributed by atoms with van der Waals surface area (Å²) in [4.78, 5) is 25.0. The molecule has 1 rings (SSSR count). The second-order valence-corrected chi connectivity index (χ2v) is 4.53. The molecule has 0 atom stereocenters. The second-order valence-electron chi connectivity index (χ2n) is 4.53. The molecule has 1 fully saturated rings. The highest BCUT2D eigenvalue weighted by Crippen LogP contribution is 2.09. The smallest absolute Gasteiger partial charge is 0.306 e. The van der Waals surface area contributed by atoms with E-state index in [-0.39, 0.29) is 18.2 Å². The molecule has 0 spiro atoms. The summed E-state index contributed by atoms with van der Waals surface area (Å²) in [5.74, 6) is -0.114. The van der Waals surface area contributed by atoms with Crippen LogP contribution in [0.3, 0.4) is 0 Å². The molecule has 98 valence electrons. The first-order valence-corrected chi connectivity index (χ1v) is 6.62. The van der Waals surface area contributed by atoms with Gasteiger partial charge in [0.15, 0.2) is 0 Å². The fourth-order valence-electron chi connectivity index (χ4n) is 2.10. The Bertz CT molecular complexity index is 245. The molecule has 4 heteroatoms. The highest BCUT2D eigenvalue weighted by atomic mass is 16.5. The molecule has 17 heavy (non-hydrogen) atoms. The van der Waals surface area contributed by atoms with Crippen molar-refractivity contribution in [3.63, 3.8) is 0 Å². The van der Waals surface area contributed by atoms with E-state index in [0.717, 1.165) is 13.1 Å². The van der Waals surface area contributed by atoms with Crippen LogP contribution in [0.5, 0.6) is 0 Å². The predicted octanol–water partition coefficient (Wildman–Crippen LogP) is 1.77. The zero-order valence-corrected chi connectivity index (χ0v) is 10.7. The molecule has 1 aliphatic heterocycles. The summed E-state index contributed by atoms with van der Waals surface area (Å²) < 4.78 is 4.80. The summed E-state index contributed by atoms with van der Waals surface area (Å²) >= 11 is 0. The topological polar surface area (TPSA) is 46.6 Å². The number of ketones is 1. The van der Waals surface area contributed by atoms with Gasteiger partial charge in [-0.2, -0.15) is 0 Å². The summed E-state index contributed by atoms with van der Waals surface area (Å²) in [6.07, 6.45) is 5.45. The van der Waals surface area contributed by atoms with Crippen molar-refractivity contribution in [1.29, 1.82) is 0 Å². The van der Waals surface area contributed by atoms with Gasteiger partial charge in [0.05, 0.1) is 19.6 Å². The first-order valence-electron chi connectivity index (χ1n) is 6.62. The second kappa shape index (κ2) is 8.23. The number of hydrogen-bond acceptors (Lipinski definition) is 4. The summed E-state index contributed by atoms with van der Waals surface area (Å²) in [7, 11) is 0. The average Bonchev–Trinajstić information content (AvgIpc) is 2.55. The average molecular weight is 241 g/mol. The Morgan fingerprint density at radius 3 is 2.29 bits per heavy atom. The molecule has 0 saturated carbocycles. The largest absolute Gasteiger partial charge is 0.466 e. The first kappa shape index (κ1) is 14.2. The van der Waals surface area contributed by atoms with Crippen LogP contribution in [0.4, 0.5) is 0 Å². The Balaban J connectivity index is 2.17. The van der Waals surface area contributed by atoms with Crippen molar-refractivity contribution in [1.82, 2.24) is 4.90 Å². The van der Waals surface area contributed by atoms with E-state index < -0.39 is 0 Å². The van der Waals surface area contributed by atoms with E-state index in [0.29, 0.717) is 19.6 Å². The van der Waals surface area contributed by atoms with Gasteiger partial charge in [0.1, 0.15) is 5.78 Å². The summed E-state index contributed by atoms with van der Waals surface area (Å²) in [6.45, 7) is 4.70. The third kappa shape index (κ3) is 6.41. The molecule has 1 aliphatic rings. The zero-order chi connectivity index (χ0) is 12.5. The van der Waals surface area contributed by atoms with Crippen LogP contribution in [0.25, 0.3) is 0 Å². The molecular formula is C13H23NO3. The van der Waals surface area contributed by atoms with Gasteiger partial charge in [-0.3, -0.25) is 14.5 Å². The van der Waals surface area contributed by atoms with Crippen molar-refractivity contribution >= 4 is 11.8 Å². The number of esters is 1. The summed E-state index contributed by atoms with van der Waals surface area (Å²) in [6, 6.07) is 0. The SMILES string of the molecule is CCOC(=O)CCC(=O)CN1CCCCCC1. The van der Waals surface area contributed by atoms with E-state index in [9.17, 15) is 9.59 Å². The van der Waals surface area contributed by atoms with Gasteiger partial charge < -0.3 is 4.74 Å². The van der Waals surface area contributed by atoms with Crippen LogP contribution in [0, 0.1) is 0 Å². The predicted molar refractivity (Wildman–Crippen MR) is 65.8 cm³/mol. The minimum atomic E-state index is -0.267. The molecular weight excluding hydrogens is 218 g/mol. The molecule has 0 radical (unpaired) electrons. The van der Waals surface area contributed by atoms with E-state index in [1.54, 1.807) is 6.92 Å². The number of Topliss-reactive ketones (excluding diaryl/α,β-unsaturated/α-hetero) is 1. The van der Waals surface area contributed by atoms with E-state index in [1.165, 1.54) is 25.7 Å². The number of ether oxygens (including phenoxy) is 1. The van der Waals surface area contributed by atoms with Crippen LogP contribution in [0.15, 0.2) is 0 Å². The van der Waals surface area contributed by atoms with Crippen molar-refractivity contribution < 1.29 is 14.3 Å². The van der Waals surface area contributed by atoms with E-state index >= 15 is 0 Å². The normalized spacial score (nSPS) is 17.5. The van der Waals surface area contributed by atoms with Crippen LogP contribution in [0.1, 0.15) is 45.4 Å². The molecule has 0 unspecified atom stereocenters. The third-order valence-corrected chi connectivity index (χ3v) is 3.01. The van der Waals surface area contributed by atoms with E-state index in [1.807, 2.05) is 0 Å². The molecule has 0 N–H and O–H groups in total. The first-order chi connectivity index (χ1) is 8.22. The number of carbonyl (C=O) groups is 2. The standard InChI is InChI=1S/C13H23NO3/c1-2-17-13(16)8-7-12(15)11-14-9-5-3-4-6-10-14/h2-11H2,1H3. The minimum absolute atomic E-state index is 0.153. The third-order valence-electron chi connectivity index (χ3n) is 3.01. The van der Waals surface area contributed by atoms with Crippen LogP contribution in [0.2, 0.25) is 0 Å². The monoisotopic (exact) mass is 241 g/mol. The fourth-order valence-corrected chi connectivity index (χ4v) is 2.10. The number of rotatable bonds is 6. The lowest BCUT2D eigenvalue weighted by atomic mass is 10.2. The van der Waals surface area contributed by atoms with Gasteiger partial charge in [0.25, 0.3) is 0 Å². The molecule has 0 bridgehead atoms. The zero-order valence-electron chi connectivity index (χ0n) is 10.7. The van der Waals surface area contributed by atoms with Crippen LogP contribution >= 0.6 is 0 Å². The molecule has 1 saturated heterocycles. The van der Waals surface area contributed by atoms with Gasteiger partial charge in [-0.05, 0) is 32.9 Å². The molecule has 0 aromatic rings.